The van der Waals surface area contributed by atoms with Crippen molar-refractivity contribution < 1.29 is 18.6 Å². The van der Waals surface area contributed by atoms with Crippen LogP contribution in [-0.2, 0) is 6.54 Å². The molecular weight excluding hydrogens is 431 g/mol. The third-order valence-electron chi connectivity index (χ3n) is 6.54. The first kappa shape index (κ1) is 22.7. The van der Waals surface area contributed by atoms with Crippen LogP contribution < -0.4 is 14.2 Å². The Hall–Kier alpha value is -3.09. The van der Waals surface area contributed by atoms with Gasteiger partial charge in [0.25, 0.3) is 0 Å². The van der Waals surface area contributed by atoms with Gasteiger partial charge in [0.2, 0.25) is 6.79 Å². The summed E-state index contributed by atoms with van der Waals surface area (Å²) in [6, 6.07) is 21.0. The van der Waals surface area contributed by atoms with Gasteiger partial charge in [0, 0.05) is 45.7 Å². The van der Waals surface area contributed by atoms with E-state index in [0.717, 1.165) is 68.5 Å². The third kappa shape index (κ3) is 5.69. The van der Waals surface area contributed by atoms with Gasteiger partial charge in [-0.1, -0.05) is 35.9 Å². The van der Waals surface area contributed by atoms with Crippen LogP contribution in [-0.4, -0.2) is 49.3 Å². The van der Waals surface area contributed by atoms with E-state index >= 15 is 0 Å². The van der Waals surface area contributed by atoms with Crippen LogP contribution in [0.4, 0.5) is 4.39 Å². The van der Waals surface area contributed by atoms with Gasteiger partial charge in [0.05, 0.1) is 0 Å². The number of hydrogen-bond acceptors (Lipinski definition) is 5. The molecule has 0 saturated carbocycles. The average Bonchev–Trinajstić information content (AvgIpc) is 3.32. The van der Waals surface area contributed by atoms with Gasteiger partial charge in [-0.05, 0) is 54.4 Å². The molecule has 3 aromatic carbocycles. The third-order valence-corrected chi connectivity index (χ3v) is 6.54. The topological polar surface area (TPSA) is 34.2 Å². The molecule has 2 aliphatic heterocycles. The van der Waals surface area contributed by atoms with Crippen LogP contribution in [0.25, 0.3) is 0 Å². The van der Waals surface area contributed by atoms with Crippen molar-refractivity contribution in [1.29, 1.82) is 0 Å². The molecule has 2 aliphatic rings. The van der Waals surface area contributed by atoms with E-state index in [1.54, 1.807) is 12.1 Å². The Morgan fingerprint density at radius 3 is 2.44 bits per heavy atom. The Bertz CT molecular complexity index is 1100. The first-order chi connectivity index (χ1) is 16.6. The van der Waals surface area contributed by atoms with Gasteiger partial charge in [-0.15, -0.1) is 0 Å². The zero-order valence-corrected chi connectivity index (χ0v) is 19.6. The molecule has 1 unspecified atom stereocenters. The Balaban J connectivity index is 1.16. The first-order valence-corrected chi connectivity index (χ1v) is 11.9. The summed E-state index contributed by atoms with van der Waals surface area (Å²) in [5.74, 6) is 2.25. The van der Waals surface area contributed by atoms with Crippen LogP contribution in [0.2, 0.25) is 0 Å². The summed E-state index contributed by atoms with van der Waals surface area (Å²) < 4.78 is 31.2. The van der Waals surface area contributed by atoms with Crippen molar-refractivity contribution in [2.75, 3.05) is 39.5 Å². The molecule has 5 nitrogen and oxygen atoms in total. The van der Waals surface area contributed by atoms with Gasteiger partial charge in [-0.25, -0.2) is 4.39 Å². The van der Waals surface area contributed by atoms with Crippen molar-refractivity contribution >= 4 is 0 Å². The van der Waals surface area contributed by atoms with Crippen LogP contribution in [0.5, 0.6) is 17.2 Å². The number of benzene rings is 3. The number of rotatable bonds is 8. The maximum Gasteiger partial charge on any atom is 0.231 e. The number of piperazine rings is 1. The SMILES string of the molecule is Cc1ccc(OC(CCN2CCN(Cc3ccc4c(c3)OCO4)CC2)c2cccc(F)c2)cc1. The van der Waals surface area contributed by atoms with Crippen molar-refractivity contribution in [3.8, 4) is 17.2 Å². The summed E-state index contributed by atoms with van der Waals surface area (Å²) in [5.41, 5.74) is 3.31. The monoisotopic (exact) mass is 462 g/mol. The Morgan fingerprint density at radius 2 is 1.65 bits per heavy atom. The summed E-state index contributed by atoms with van der Waals surface area (Å²) >= 11 is 0. The maximum absolute atomic E-state index is 13.9. The summed E-state index contributed by atoms with van der Waals surface area (Å²) in [6.07, 6.45) is 0.615. The highest BCUT2D eigenvalue weighted by molar-refractivity contribution is 5.44. The van der Waals surface area contributed by atoms with E-state index < -0.39 is 0 Å². The molecule has 0 radical (unpaired) electrons. The minimum Gasteiger partial charge on any atom is -0.486 e. The lowest BCUT2D eigenvalue weighted by molar-refractivity contribution is 0.106. The number of nitrogens with zero attached hydrogens (tertiary/aromatic N) is 2. The van der Waals surface area contributed by atoms with Crippen molar-refractivity contribution in [3.05, 3.63) is 89.2 Å². The number of aryl methyl sites for hydroxylation is 1. The van der Waals surface area contributed by atoms with Gasteiger partial charge in [0.1, 0.15) is 17.7 Å². The quantitative estimate of drug-likeness (QED) is 0.460. The van der Waals surface area contributed by atoms with E-state index in [9.17, 15) is 4.39 Å². The average molecular weight is 463 g/mol. The second-order valence-corrected chi connectivity index (χ2v) is 9.07. The van der Waals surface area contributed by atoms with Crippen LogP contribution in [0.1, 0.15) is 29.2 Å². The second kappa shape index (κ2) is 10.5. The van der Waals surface area contributed by atoms with Gasteiger partial charge < -0.3 is 19.1 Å². The van der Waals surface area contributed by atoms with Crippen LogP contribution in [0.15, 0.2) is 66.7 Å². The minimum atomic E-state index is -0.230. The predicted octanol–water partition coefficient (Wildman–Crippen LogP) is 5.19. The fraction of sp³-hybridized carbons (Fsp3) is 0.357. The molecule has 0 amide bonds. The lowest BCUT2D eigenvalue weighted by atomic mass is 10.1. The Labute approximate surface area is 200 Å². The van der Waals surface area contributed by atoms with E-state index in [4.69, 9.17) is 14.2 Å². The number of halogens is 1. The fourth-order valence-corrected chi connectivity index (χ4v) is 4.55. The molecule has 178 valence electrons. The molecule has 1 fully saturated rings. The highest BCUT2D eigenvalue weighted by atomic mass is 19.1. The van der Waals surface area contributed by atoms with Crippen LogP contribution >= 0.6 is 0 Å². The van der Waals surface area contributed by atoms with E-state index in [2.05, 4.69) is 28.9 Å². The molecule has 0 N–H and O–H groups in total. The molecule has 34 heavy (non-hydrogen) atoms. The molecule has 1 saturated heterocycles. The molecular formula is C28H31FN2O3. The maximum atomic E-state index is 13.9. The van der Waals surface area contributed by atoms with Gasteiger partial charge in [-0.2, -0.15) is 0 Å². The van der Waals surface area contributed by atoms with E-state index in [1.165, 1.54) is 17.2 Å². The van der Waals surface area contributed by atoms with E-state index in [0.29, 0.717) is 6.79 Å². The van der Waals surface area contributed by atoms with Crippen molar-refractivity contribution in [3.63, 3.8) is 0 Å². The van der Waals surface area contributed by atoms with E-state index in [1.807, 2.05) is 36.4 Å². The Morgan fingerprint density at radius 1 is 0.882 bits per heavy atom. The lowest BCUT2D eigenvalue weighted by Gasteiger charge is -2.35. The molecule has 0 bridgehead atoms. The minimum absolute atomic E-state index is 0.190. The summed E-state index contributed by atoms with van der Waals surface area (Å²) in [4.78, 5) is 4.95. The number of fused-ring (bicyclic) bond motifs is 1. The Kier molecular flexibility index (Phi) is 6.97. The molecule has 0 spiro atoms. The van der Waals surface area contributed by atoms with Crippen molar-refractivity contribution in [2.24, 2.45) is 0 Å². The predicted molar refractivity (Wildman–Crippen MR) is 130 cm³/mol. The molecule has 1 atom stereocenters. The molecule has 0 aliphatic carbocycles. The molecule has 5 rings (SSSR count). The van der Waals surface area contributed by atoms with Gasteiger partial charge in [0.15, 0.2) is 11.5 Å². The molecule has 3 aromatic rings. The van der Waals surface area contributed by atoms with Crippen molar-refractivity contribution in [2.45, 2.75) is 26.0 Å². The van der Waals surface area contributed by atoms with Gasteiger partial charge in [-0.3, -0.25) is 4.90 Å². The lowest BCUT2D eigenvalue weighted by Crippen LogP contribution is -2.46. The van der Waals surface area contributed by atoms with Crippen LogP contribution in [0.3, 0.4) is 0 Å². The largest absolute Gasteiger partial charge is 0.486 e. The summed E-state index contributed by atoms with van der Waals surface area (Å²) in [6.45, 7) is 8.21. The van der Waals surface area contributed by atoms with Gasteiger partial charge >= 0.3 is 0 Å². The first-order valence-electron chi connectivity index (χ1n) is 11.9. The number of hydrogen-bond donors (Lipinski definition) is 0. The summed E-state index contributed by atoms with van der Waals surface area (Å²) in [5, 5.41) is 0. The molecule has 6 heteroatoms. The van der Waals surface area contributed by atoms with Crippen molar-refractivity contribution in [1.82, 2.24) is 9.80 Å². The summed E-state index contributed by atoms with van der Waals surface area (Å²) in [7, 11) is 0. The number of ether oxygens (including phenoxy) is 3. The second-order valence-electron chi connectivity index (χ2n) is 9.07. The normalized spacial score (nSPS) is 17.0. The highest BCUT2D eigenvalue weighted by Crippen LogP contribution is 2.33. The molecule has 0 aromatic heterocycles. The standard InChI is InChI=1S/C28H31FN2O3/c1-21-5-8-25(9-6-21)34-26(23-3-2-4-24(29)18-23)11-12-30-13-15-31(16-14-30)19-22-7-10-27-28(17-22)33-20-32-27/h2-10,17-18,26H,11-16,19-20H2,1H3. The molecule has 2 heterocycles. The zero-order chi connectivity index (χ0) is 23.3. The highest BCUT2D eigenvalue weighted by Gasteiger charge is 2.21. The fourth-order valence-electron chi connectivity index (χ4n) is 4.55. The smallest absolute Gasteiger partial charge is 0.231 e. The van der Waals surface area contributed by atoms with Crippen LogP contribution in [0, 0.1) is 12.7 Å². The van der Waals surface area contributed by atoms with E-state index in [-0.39, 0.29) is 11.9 Å². The zero-order valence-electron chi connectivity index (χ0n) is 19.6.